The van der Waals surface area contributed by atoms with Crippen LogP contribution in [-0.2, 0) is 0 Å². The second kappa shape index (κ2) is 5.52. The van der Waals surface area contributed by atoms with Gasteiger partial charge in [0.15, 0.2) is 0 Å². The monoisotopic (exact) mass is 326 g/mol. The van der Waals surface area contributed by atoms with Gasteiger partial charge in [0.25, 0.3) is 0 Å². The first-order valence-corrected chi connectivity index (χ1v) is 3.94. The van der Waals surface area contributed by atoms with Gasteiger partial charge in [-0.1, -0.05) is 0 Å². The van der Waals surface area contributed by atoms with E-state index in [-0.39, 0.29) is 0 Å². The summed E-state index contributed by atoms with van der Waals surface area (Å²) in [5.74, 6) is 0. The lowest BCUT2D eigenvalue weighted by Gasteiger charge is -2.01. The van der Waals surface area contributed by atoms with Crippen molar-refractivity contribution < 1.29 is 0 Å². The van der Waals surface area contributed by atoms with Crippen LogP contribution in [0.5, 0.6) is 0 Å². The van der Waals surface area contributed by atoms with E-state index in [2.05, 4.69) is 52.4 Å². The molecule has 0 aliphatic carbocycles. The molecule has 0 aromatic heterocycles. The van der Waals surface area contributed by atoms with E-state index >= 15 is 0 Å². The van der Waals surface area contributed by atoms with Gasteiger partial charge in [0.1, 0.15) is 0 Å². The first-order chi connectivity index (χ1) is 3.27. The smallest absolute Gasteiger partial charge is 0.0310 e. The Morgan fingerprint density at radius 1 is 1.57 bits per heavy atom. The van der Waals surface area contributed by atoms with Crippen LogP contribution in [0.3, 0.4) is 0 Å². The molecule has 2 nitrogen and oxygen atoms in total. The zero-order valence-electron chi connectivity index (χ0n) is 4.12. The molecule has 0 fully saturated rings. The summed E-state index contributed by atoms with van der Waals surface area (Å²) in [5.41, 5.74) is 0. The molecule has 0 aliphatic heterocycles. The summed E-state index contributed by atoms with van der Waals surface area (Å²) in [4.78, 5) is 0. The molecule has 0 aliphatic rings. The zero-order chi connectivity index (χ0) is 5.70. The summed E-state index contributed by atoms with van der Waals surface area (Å²) in [6, 6.07) is 0. The summed E-state index contributed by atoms with van der Waals surface area (Å²) in [7, 11) is 1.96. The van der Waals surface area contributed by atoms with E-state index in [0.717, 1.165) is 13.1 Å². The van der Waals surface area contributed by atoms with Gasteiger partial charge in [-0.2, -0.15) is 1.33 Å². The fourth-order valence-electron chi connectivity index (χ4n) is 0.196. The summed E-state index contributed by atoms with van der Waals surface area (Å²) in [6.45, 7) is 2.16. The molecule has 1 N–H and O–H groups in total. The number of likely N-dealkylation sites (N-methyl/N-ethyl adjacent to an activating group) is 1. The summed E-state index contributed by atoms with van der Waals surface area (Å²) in [6.07, 6.45) is 0. The molecule has 0 radical (unpaired) electrons. The maximum absolute atomic E-state index is 3.05. The van der Waals surface area contributed by atoms with Gasteiger partial charge in [-0.05, 0) is 7.05 Å². The maximum Gasteiger partial charge on any atom is 0.0310 e. The molecule has 0 heterocycles. The van der Waals surface area contributed by atoms with Crippen molar-refractivity contribution in [3.05, 3.63) is 0 Å². The Morgan fingerprint density at radius 2 is 2.14 bits per heavy atom. The summed E-state index contributed by atoms with van der Waals surface area (Å²) in [5, 5.41) is 3.05. The Morgan fingerprint density at radius 3 is 2.29 bits per heavy atom. The second-order valence-electron chi connectivity index (χ2n) is 1.13. The molecule has 0 bridgehead atoms. The minimum absolute atomic E-state index is 1.06. The highest BCUT2D eigenvalue weighted by atomic mass is 127. The van der Waals surface area contributed by atoms with Gasteiger partial charge >= 0.3 is 0 Å². The van der Waals surface area contributed by atoms with Crippen molar-refractivity contribution in [1.29, 1.82) is 0 Å². The highest BCUT2D eigenvalue weighted by Crippen LogP contribution is 2.03. The maximum atomic E-state index is 3.05. The molecule has 0 spiro atoms. The minimum atomic E-state index is 1.06. The SMILES string of the molecule is CNCCN(I)I. The third kappa shape index (κ3) is 7.38. The average molecular weight is 326 g/mol. The molecule has 0 aromatic rings. The molecule has 0 unspecified atom stereocenters. The van der Waals surface area contributed by atoms with E-state index in [4.69, 9.17) is 0 Å². The van der Waals surface area contributed by atoms with E-state index in [0.29, 0.717) is 0 Å². The normalized spacial score (nSPS) is 10.3. The van der Waals surface area contributed by atoms with Crippen LogP contribution in [0.15, 0.2) is 0 Å². The van der Waals surface area contributed by atoms with Gasteiger partial charge in [-0.3, -0.25) is 0 Å². The highest BCUT2D eigenvalue weighted by molar-refractivity contribution is 14.2. The second-order valence-corrected chi connectivity index (χ2v) is 5.31. The number of rotatable bonds is 3. The molecule has 0 saturated heterocycles. The molecule has 7 heavy (non-hydrogen) atoms. The summed E-state index contributed by atoms with van der Waals surface area (Å²) < 4.78 is 2.09. The average Bonchev–Trinajstić information content (AvgIpc) is 1.61. The van der Waals surface area contributed by atoms with Crippen LogP contribution in [0, 0.1) is 0 Å². The number of nitrogens with zero attached hydrogens (tertiary/aromatic N) is 1. The third-order valence-electron chi connectivity index (χ3n) is 0.531. The predicted octanol–water partition coefficient (Wildman–Crippen LogP) is 1.21. The first-order valence-electron chi connectivity index (χ1n) is 2.01. The molecule has 44 valence electrons. The Labute approximate surface area is 72.0 Å². The minimum Gasteiger partial charge on any atom is -0.318 e. The summed E-state index contributed by atoms with van der Waals surface area (Å²) >= 11 is 4.49. The lowest BCUT2D eigenvalue weighted by molar-refractivity contribution is 0.719. The van der Waals surface area contributed by atoms with Crippen molar-refractivity contribution in [2.24, 2.45) is 0 Å². The van der Waals surface area contributed by atoms with Crippen molar-refractivity contribution in [3.8, 4) is 0 Å². The van der Waals surface area contributed by atoms with Gasteiger partial charge in [0.2, 0.25) is 0 Å². The first kappa shape index (κ1) is 8.38. The van der Waals surface area contributed by atoms with E-state index < -0.39 is 0 Å². The third-order valence-corrected chi connectivity index (χ3v) is 1.50. The van der Waals surface area contributed by atoms with E-state index in [9.17, 15) is 0 Å². The van der Waals surface area contributed by atoms with Gasteiger partial charge in [0.05, 0.1) is 0 Å². The lowest BCUT2D eigenvalue weighted by Crippen LogP contribution is -2.16. The zero-order valence-corrected chi connectivity index (χ0v) is 8.43. The quantitative estimate of drug-likeness (QED) is 0.620. The molecular weight excluding hydrogens is 318 g/mol. The van der Waals surface area contributed by atoms with Crippen molar-refractivity contribution in [3.63, 3.8) is 0 Å². The molecule has 0 rings (SSSR count). The van der Waals surface area contributed by atoms with Crippen LogP contribution >= 0.6 is 45.7 Å². The van der Waals surface area contributed by atoms with Crippen LogP contribution in [0.25, 0.3) is 0 Å². The number of nitrogens with one attached hydrogen (secondary N) is 1. The predicted molar refractivity (Wildman–Crippen MR) is 48.7 cm³/mol. The van der Waals surface area contributed by atoms with Crippen LogP contribution in [-0.4, -0.2) is 21.5 Å². The molecule has 0 saturated carbocycles. The standard InChI is InChI=1S/C3H8I2N2/c1-6-2-3-7(4)5/h6H,2-3H2,1H3. The fraction of sp³-hybridized carbons (Fsp3) is 1.00. The van der Waals surface area contributed by atoms with E-state index in [1.165, 1.54) is 0 Å². The van der Waals surface area contributed by atoms with Crippen molar-refractivity contribution >= 4 is 45.7 Å². The van der Waals surface area contributed by atoms with Gasteiger partial charge in [-0.15, -0.1) is 0 Å². The Hall–Kier alpha value is 1.38. The van der Waals surface area contributed by atoms with Crippen LogP contribution < -0.4 is 5.32 Å². The fourth-order valence-corrected chi connectivity index (χ4v) is 0.679. The molecule has 4 heteroatoms. The van der Waals surface area contributed by atoms with E-state index in [1.54, 1.807) is 0 Å². The number of halogens is 2. The van der Waals surface area contributed by atoms with Crippen LogP contribution in [0.1, 0.15) is 0 Å². The molecule has 0 amide bonds. The van der Waals surface area contributed by atoms with Crippen molar-refractivity contribution in [2.45, 2.75) is 0 Å². The highest BCUT2D eigenvalue weighted by Gasteiger charge is 1.87. The Bertz CT molecular complexity index is 39.9. The van der Waals surface area contributed by atoms with Crippen LogP contribution in [0.4, 0.5) is 0 Å². The van der Waals surface area contributed by atoms with Crippen LogP contribution in [0.2, 0.25) is 0 Å². The largest absolute Gasteiger partial charge is 0.318 e. The van der Waals surface area contributed by atoms with Crippen molar-refractivity contribution in [1.82, 2.24) is 6.64 Å². The molecule has 0 aromatic carbocycles. The number of hydrogen-bond donors (Lipinski definition) is 1. The van der Waals surface area contributed by atoms with E-state index in [1.807, 2.05) is 7.05 Å². The molecule has 0 atom stereocenters. The lowest BCUT2D eigenvalue weighted by atomic mass is 10.7. The number of hydrogen-bond acceptors (Lipinski definition) is 2. The topological polar surface area (TPSA) is 15.3 Å². The van der Waals surface area contributed by atoms with Gasteiger partial charge in [0, 0.05) is 58.8 Å². The molecular formula is C3H8I2N2. The Kier molecular flexibility index (Phi) is 6.60. The van der Waals surface area contributed by atoms with Gasteiger partial charge in [-0.25, -0.2) is 0 Å². The Balaban J connectivity index is 2.68. The van der Waals surface area contributed by atoms with Crippen molar-refractivity contribution in [2.75, 3.05) is 20.1 Å². The van der Waals surface area contributed by atoms with Gasteiger partial charge < -0.3 is 5.32 Å².